The number of hydrogen-bond donors (Lipinski definition) is 0. The van der Waals surface area contributed by atoms with Crippen LogP contribution in [0, 0.1) is 6.92 Å². The van der Waals surface area contributed by atoms with Gasteiger partial charge in [0.25, 0.3) is 0 Å². The summed E-state index contributed by atoms with van der Waals surface area (Å²) in [5, 5.41) is 0. The summed E-state index contributed by atoms with van der Waals surface area (Å²) in [6, 6.07) is 8.00. The molecule has 13 heavy (non-hydrogen) atoms. The van der Waals surface area contributed by atoms with E-state index in [-0.39, 0.29) is 6.61 Å². The molecule has 1 rings (SSSR count). The lowest BCUT2D eigenvalue weighted by molar-refractivity contribution is 0.314. The van der Waals surface area contributed by atoms with Crippen molar-refractivity contribution in [1.29, 1.82) is 0 Å². The third kappa shape index (κ3) is 3.11. The molecule has 2 nitrogen and oxygen atoms in total. The van der Waals surface area contributed by atoms with Crippen molar-refractivity contribution in [2.45, 2.75) is 6.92 Å². The third-order valence-corrected chi connectivity index (χ3v) is 1.72. The molecule has 0 aromatic heterocycles. The maximum atomic E-state index is 9.70. The summed E-state index contributed by atoms with van der Waals surface area (Å²) in [7, 11) is 0. The molecule has 0 aliphatic heterocycles. The number of aryl methyl sites for hydroxylation is 1. The molecule has 0 fully saturated rings. The Bertz CT molecular complexity index is 303. The minimum atomic E-state index is 0.276. The van der Waals surface area contributed by atoms with E-state index in [0.29, 0.717) is 0 Å². The van der Waals surface area contributed by atoms with Gasteiger partial charge in [-0.2, -0.15) is 0 Å². The number of ether oxygens (including phenoxy) is 1. The van der Waals surface area contributed by atoms with Crippen molar-refractivity contribution in [2.24, 2.45) is 0 Å². The molecule has 0 atom stereocenters. The molecular formula is C11H11O2. The summed E-state index contributed by atoms with van der Waals surface area (Å²) < 4.78 is 4.40. The van der Waals surface area contributed by atoms with E-state index in [1.807, 2.05) is 37.3 Å². The molecule has 2 heteroatoms. The van der Waals surface area contributed by atoms with E-state index in [2.05, 4.69) is 4.74 Å². The van der Waals surface area contributed by atoms with Crippen LogP contribution in [0.15, 0.2) is 30.3 Å². The highest BCUT2D eigenvalue weighted by molar-refractivity contribution is 5.53. The maximum absolute atomic E-state index is 9.70. The predicted molar refractivity (Wildman–Crippen MR) is 51.9 cm³/mol. The number of benzene rings is 1. The molecule has 0 heterocycles. The first-order valence-electron chi connectivity index (χ1n) is 4.05. The SMILES string of the molecule is Cc1ccccc1C=CCO[C]=O. The highest BCUT2D eigenvalue weighted by Crippen LogP contribution is 2.08. The molecule has 1 aromatic rings. The van der Waals surface area contributed by atoms with E-state index < -0.39 is 0 Å². The van der Waals surface area contributed by atoms with Crippen molar-refractivity contribution < 1.29 is 9.53 Å². The van der Waals surface area contributed by atoms with Crippen LogP contribution in [0.3, 0.4) is 0 Å². The van der Waals surface area contributed by atoms with Crippen molar-refractivity contribution in [1.82, 2.24) is 0 Å². The molecule has 0 bridgehead atoms. The van der Waals surface area contributed by atoms with Crippen molar-refractivity contribution in [3.05, 3.63) is 41.5 Å². The van der Waals surface area contributed by atoms with Crippen LogP contribution in [0.4, 0.5) is 0 Å². The molecule has 0 N–H and O–H groups in total. The van der Waals surface area contributed by atoms with Gasteiger partial charge in [0.05, 0.1) is 0 Å². The Labute approximate surface area is 77.8 Å². The largest absolute Gasteiger partial charge is 0.453 e. The average molecular weight is 175 g/mol. The lowest BCUT2D eigenvalue weighted by atomic mass is 10.1. The van der Waals surface area contributed by atoms with Crippen molar-refractivity contribution >= 4 is 12.5 Å². The summed E-state index contributed by atoms with van der Waals surface area (Å²) in [6.07, 6.45) is 3.71. The first-order chi connectivity index (χ1) is 6.34. The molecule has 0 spiro atoms. The van der Waals surface area contributed by atoms with Crippen molar-refractivity contribution in [2.75, 3.05) is 6.61 Å². The quantitative estimate of drug-likeness (QED) is 0.655. The molecule has 0 unspecified atom stereocenters. The highest BCUT2D eigenvalue weighted by Gasteiger charge is 1.89. The second-order valence-electron chi connectivity index (χ2n) is 2.65. The smallest absolute Gasteiger partial charge is 0.417 e. The lowest BCUT2D eigenvalue weighted by Crippen LogP contribution is -1.86. The molecule has 1 radical (unpaired) electrons. The average Bonchev–Trinajstić information content (AvgIpc) is 2.15. The van der Waals surface area contributed by atoms with E-state index in [0.717, 1.165) is 5.56 Å². The van der Waals surface area contributed by atoms with Crippen LogP contribution in [0.25, 0.3) is 6.08 Å². The first kappa shape index (κ1) is 9.52. The summed E-state index contributed by atoms with van der Waals surface area (Å²) in [5.41, 5.74) is 2.34. The fraction of sp³-hybridized carbons (Fsp3) is 0.182. The van der Waals surface area contributed by atoms with Crippen LogP contribution in [0.1, 0.15) is 11.1 Å². The third-order valence-electron chi connectivity index (χ3n) is 1.72. The van der Waals surface area contributed by atoms with Gasteiger partial charge in [-0.05, 0) is 24.1 Å². The van der Waals surface area contributed by atoms with Crippen molar-refractivity contribution in [3.63, 3.8) is 0 Å². The molecule has 0 aliphatic carbocycles. The topological polar surface area (TPSA) is 26.3 Å². The van der Waals surface area contributed by atoms with Gasteiger partial charge in [-0.3, -0.25) is 0 Å². The zero-order chi connectivity index (χ0) is 9.52. The Kier molecular flexibility index (Phi) is 3.76. The Morgan fingerprint density at radius 3 is 2.92 bits per heavy atom. The molecule has 0 amide bonds. The molecular weight excluding hydrogens is 164 g/mol. The van der Waals surface area contributed by atoms with Gasteiger partial charge in [0.1, 0.15) is 6.61 Å². The number of rotatable bonds is 4. The van der Waals surface area contributed by atoms with Crippen LogP contribution in [-0.4, -0.2) is 13.1 Å². The minimum Gasteiger partial charge on any atom is -0.453 e. The standard InChI is InChI=1S/C11H11O2/c1-10-5-2-3-6-11(10)7-4-8-13-9-12/h2-7H,8H2,1H3. The fourth-order valence-electron chi connectivity index (χ4n) is 1.03. The second kappa shape index (κ2) is 5.14. The zero-order valence-electron chi connectivity index (χ0n) is 7.49. The van der Waals surface area contributed by atoms with Gasteiger partial charge in [0.15, 0.2) is 0 Å². The Morgan fingerprint density at radius 2 is 2.23 bits per heavy atom. The monoisotopic (exact) mass is 175 g/mol. The molecule has 67 valence electrons. The van der Waals surface area contributed by atoms with E-state index >= 15 is 0 Å². The highest BCUT2D eigenvalue weighted by atomic mass is 16.5. The van der Waals surface area contributed by atoms with Gasteiger partial charge in [-0.25, -0.2) is 4.79 Å². The zero-order valence-corrected chi connectivity index (χ0v) is 7.49. The van der Waals surface area contributed by atoms with E-state index in [4.69, 9.17) is 0 Å². The number of hydrogen-bond acceptors (Lipinski definition) is 2. The maximum Gasteiger partial charge on any atom is 0.417 e. The van der Waals surface area contributed by atoms with Gasteiger partial charge in [0, 0.05) is 0 Å². The van der Waals surface area contributed by atoms with Gasteiger partial charge in [-0.1, -0.05) is 30.3 Å². The Morgan fingerprint density at radius 1 is 1.46 bits per heavy atom. The lowest BCUT2D eigenvalue weighted by Gasteiger charge is -1.97. The molecule has 0 saturated carbocycles. The normalized spacial score (nSPS) is 10.2. The molecule has 0 saturated heterocycles. The number of carbonyl (C=O) groups excluding carboxylic acids is 1. The van der Waals surface area contributed by atoms with Gasteiger partial charge < -0.3 is 4.74 Å². The van der Waals surface area contributed by atoms with Crippen LogP contribution >= 0.6 is 0 Å². The Balaban J connectivity index is 2.58. The van der Waals surface area contributed by atoms with E-state index in [1.54, 1.807) is 6.08 Å². The van der Waals surface area contributed by atoms with E-state index in [9.17, 15) is 4.79 Å². The van der Waals surface area contributed by atoms with Crippen LogP contribution in [-0.2, 0) is 9.53 Å². The second-order valence-corrected chi connectivity index (χ2v) is 2.65. The predicted octanol–water partition coefficient (Wildman–Crippen LogP) is 2.09. The Hall–Kier alpha value is -1.57. The van der Waals surface area contributed by atoms with Crippen LogP contribution in [0.2, 0.25) is 0 Å². The minimum absolute atomic E-state index is 0.276. The van der Waals surface area contributed by atoms with Gasteiger partial charge in [0.2, 0.25) is 0 Å². The van der Waals surface area contributed by atoms with Crippen molar-refractivity contribution in [3.8, 4) is 0 Å². The summed E-state index contributed by atoms with van der Waals surface area (Å²) >= 11 is 0. The molecule has 1 aromatic carbocycles. The molecule has 0 aliphatic rings. The van der Waals surface area contributed by atoms with Gasteiger partial charge >= 0.3 is 6.47 Å². The van der Waals surface area contributed by atoms with E-state index in [1.165, 1.54) is 12.0 Å². The summed E-state index contributed by atoms with van der Waals surface area (Å²) in [5.74, 6) is 0. The summed E-state index contributed by atoms with van der Waals surface area (Å²) in [4.78, 5) is 9.70. The van der Waals surface area contributed by atoms with Crippen LogP contribution in [0.5, 0.6) is 0 Å². The van der Waals surface area contributed by atoms with Crippen LogP contribution < -0.4 is 0 Å². The fourth-order valence-corrected chi connectivity index (χ4v) is 1.03. The first-order valence-corrected chi connectivity index (χ1v) is 4.05. The van der Waals surface area contributed by atoms with Gasteiger partial charge in [-0.15, -0.1) is 0 Å². The summed E-state index contributed by atoms with van der Waals surface area (Å²) in [6.45, 7) is 3.68.